The number of sulfonamides is 1. The van der Waals surface area contributed by atoms with Gasteiger partial charge >= 0.3 is 6.18 Å². The molecule has 0 saturated heterocycles. The summed E-state index contributed by atoms with van der Waals surface area (Å²) in [6.07, 6.45) is -3.45. The highest BCUT2D eigenvalue weighted by molar-refractivity contribution is 7.89. The zero-order valence-electron chi connectivity index (χ0n) is 12.9. The molecule has 136 valence electrons. The first-order chi connectivity index (χ1) is 12.1. The summed E-state index contributed by atoms with van der Waals surface area (Å²) in [5, 5.41) is 9.03. The van der Waals surface area contributed by atoms with Crippen molar-refractivity contribution in [1.29, 1.82) is 0 Å². The Morgan fingerprint density at radius 2 is 1.58 bits per heavy atom. The van der Waals surface area contributed by atoms with Gasteiger partial charge in [-0.15, -0.1) is 0 Å². The normalized spacial score (nSPS) is 12.3. The first-order valence-corrected chi connectivity index (χ1v) is 9.04. The van der Waals surface area contributed by atoms with Crippen molar-refractivity contribution in [3.8, 4) is 16.8 Å². The Kier molecular flexibility index (Phi) is 4.55. The number of hydrogen-bond donors (Lipinski definition) is 1. The van der Waals surface area contributed by atoms with Crippen molar-refractivity contribution in [2.75, 3.05) is 0 Å². The van der Waals surface area contributed by atoms with E-state index in [0.717, 1.165) is 4.68 Å². The first-order valence-electron chi connectivity index (χ1n) is 7.12. The molecular formula is C16H11ClF3N3O2S. The molecule has 0 atom stereocenters. The van der Waals surface area contributed by atoms with Gasteiger partial charge in [0, 0.05) is 16.8 Å². The SMILES string of the molecule is NS(=O)(=O)c1ccc(-n2cc(-c3ccc(Cl)cc3)c(C(F)(F)F)n2)cc1. The zero-order chi connectivity index (χ0) is 19.1. The average molecular weight is 402 g/mol. The van der Waals surface area contributed by atoms with Crippen LogP contribution in [0.2, 0.25) is 5.02 Å². The number of hydrogen-bond acceptors (Lipinski definition) is 3. The zero-order valence-corrected chi connectivity index (χ0v) is 14.5. The number of primary sulfonamides is 1. The van der Waals surface area contributed by atoms with E-state index in [-0.39, 0.29) is 16.1 Å². The number of benzene rings is 2. The first kappa shape index (κ1) is 18.4. The van der Waals surface area contributed by atoms with Crippen LogP contribution in [0.15, 0.2) is 59.6 Å². The monoisotopic (exact) mass is 401 g/mol. The topological polar surface area (TPSA) is 78.0 Å². The van der Waals surface area contributed by atoms with Crippen LogP contribution in [-0.2, 0) is 16.2 Å². The van der Waals surface area contributed by atoms with Crippen LogP contribution in [0.5, 0.6) is 0 Å². The van der Waals surface area contributed by atoms with E-state index in [4.69, 9.17) is 16.7 Å². The summed E-state index contributed by atoms with van der Waals surface area (Å²) in [6, 6.07) is 10.9. The highest BCUT2D eigenvalue weighted by Gasteiger charge is 2.37. The number of nitrogens with zero attached hydrogens (tertiary/aromatic N) is 2. The second-order valence-electron chi connectivity index (χ2n) is 5.38. The number of aromatic nitrogens is 2. The quantitative estimate of drug-likeness (QED) is 0.723. The molecular weight excluding hydrogens is 391 g/mol. The molecule has 0 unspecified atom stereocenters. The predicted molar refractivity (Wildman–Crippen MR) is 90.4 cm³/mol. The predicted octanol–water partition coefficient (Wildman–Crippen LogP) is 3.86. The van der Waals surface area contributed by atoms with Gasteiger partial charge in [0.15, 0.2) is 5.69 Å². The summed E-state index contributed by atoms with van der Waals surface area (Å²) in [7, 11) is -3.90. The molecule has 1 heterocycles. The number of nitrogens with two attached hydrogens (primary N) is 1. The lowest BCUT2D eigenvalue weighted by Gasteiger charge is -2.06. The van der Waals surface area contributed by atoms with E-state index in [1.165, 1.54) is 54.7 Å². The largest absolute Gasteiger partial charge is 0.435 e. The molecule has 0 bridgehead atoms. The van der Waals surface area contributed by atoms with E-state index in [1.54, 1.807) is 0 Å². The molecule has 3 rings (SSSR count). The molecule has 3 aromatic rings. The summed E-state index contributed by atoms with van der Waals surface area (Å²) in [6.45, 7) is 0. The van der Waals surface area contributed by atoms with Crippen LogP contribution in [-0.4, -0.2) is 18.2 Å². The third kappa shape index (κ3) is 3.74. The van der Waals surface area contributed by atoms with Gasteiger partial charge in [-0.25, -0.2) is 18.2 Å². The minimum Gasteiger partial charge on any atom is -0.240 e. The second-order valence-corrected chi connectivity index (χ2v) is 7.38. The minimum atomic E-state index is -4.67. The molecule has 0 radical (unpaired) electrons. The molecule has 10 heteroatoms. The fourth-order valence-electron chi connectivity index (χ4n) is 2.34. The van der Waals surface area contributed by atoms with Crippen LogP contribution < -0.4 is 5.14 Å². The summed E-state index contributed by atoms with van der Waals surface area (Å²) < 4.78 is 63.7. The third-order valence-corrected chi connectivity index (χ3v) is 4.75. The maximum atomic E-state index is 13.4. The van der Waals surface area contributed by atoms with Crippen molar-refractivity contribution >= 4 is 21.6 Å². The van der Waals surface area contributed by atoms with Gasteiger partial charge in [0.05, 0.1) is 10.6 Å². The van der Waals surface area contributed by atoms with E-state index in [9.17, 15) is 21.6 Å². The van der Waals surface area contributed by atoms with E-state index in [1.807, 2.05) is 0 Å². The Labute approximate surface area is 151 Å². The molecule has 2 N–H and O–H groups in total. The average Bonchev–Trinajstić information content (AvgIpc) is 3.00. The summed E-state index contributed by atoms with van der Waals surface area (Å²) in [5.41, 5.74) is -0.628. The standard InChI is InChI=1S/C16H11ClF3N3O2S/c17-11-3-1-10(2-4-11)14-9-23(22-15(14)16(18,19)20)12-5-7-13(8-6-12)26(21,24)25/h1-9H,(H2,21,24,25). The number of rotatable bonds is 3. The Hall–Kier alpha value is -2.36. The van der Waals surface area contributed by atoms with Crippen molar-refractivity contribution in [2.45, 2.75) is 11.1 Å². The van der Waals surface area contributed by atoms with Gasteiger partial charge in [-0.3, -0.25) is 0 Å². The van der Waals surface area contributed by atoms with Gasteiger partial charge < -0.3 is 0 Å². The molecule has 5 nitrogen and oxygen atoms in total. The van der Waals surface area contributed by atoms with Crippen molar-refractivity contribution in [1.82, 2.24) is 9.78 Å². The van der Waals surface area contributed by atoms with Crippen LogP contribution in [0, 0.1) is 0 Å². The lowest BCUT2D eigenvalue weighted by Crippen LogP contribution is -2.12. The summed E-state index contributed by atoms with van der Waals surface area (Å²) >= 11 is 5.78. The fourth-order valence-corrected chi connectivity index (χ4v) is 2.99. The van der Waals surface area contributed by atoms with Crippen LogP contribution in [0.25, 0.3) is 16.8 Å². The second kappa shape index (κ2) is 6.42. The van der Waals surface area contributed by atoms with Crippen molar-refractivity contribution in [3.63, 3.8) is 0 Å². The number of alkyl halides is 3. The fraction of sp³-hybridized carbons (Fsp3) is 0.0625. The molecule has 0 spiro atoms. The summed E-state index contributed by atoms with van der Waals surface area (Å²) in [5.74, 6) is 0. The molecule has 0 aliphatic heterocycles. The van der Waals surface area contributed by atoms with Gasteiger partial charge in [0.2, 0.25) is 10.0 Å². The lowest BCUT2D eigenvalue weighted by atomic mass is 10.1. The molecule has 0 aliphatic rings. The Bertz CT molecular complexity index is 1040. The van der Waals surface area contributed by atoms with Crippen molar-refractivity contribution in [2.24, 2.45) is 5.14 Å². The molecule has 26 heavy (non-hydrogen) atoms. The van der Waals surface area contributed by atoms with E-state index in [0.29, 0.717) is 10.6 Å². The maximum absolute atomic E-state index is 13.4. The van der Waals surface area contributed by atoms with Gasteiger partial charge in [-0.2, -0.15) is 18.3 Å². The minimum absolute atomic E-state index is 0.121. The smallest absolute Gasteiger partial charge is 0.240 e. The van der Waals surface area contributed by atoms with Crippen LogP contribution in [0.3, 0.4) is 0 Å². The highest BCUT2D eigenvalue weighted by Crippen LogP contribution is 2.37. The van der Waals surface area contributed by atoms with Gasteiger partial charge in [0.1, 0.15) is 0 Å². The lowest BCUT2D eigenvalue weighted by molar-refractivity contribution is -0.140. The van der Waals surface area contributed by atoms with E-state index >= 15 is 0 Å². The molecule has 2 aromatic carbocycles. The summed E-state index contributed by atoms with van der Waals surface area (Å²) in [4.78, 5) is -0.151. The molecule has 0 amide bonds. The van der Waals surface area contributed by atoms with Gasteiger partial charge in [-0.1, -0.05) is 23.7 Å². The van der Waals surface area contributed by atoms with Crippen molar-refractivity contribution in [3.05, 3.63) is 65.4 Å². The van der Waals surface area contributed by atoms with Crippen LogP contribution >= 0.6 is 11.6 Å². The Morgan fingerprint density at radius 1 is 1.00 bits per heavy atom. The highest BCUT2D eigenvalue weighted by atomic mass is 35.5. The van der Waals surface area contributed by atoms with Crippen LogP contribution in [0.1, 0.15) is 5.69 Å². The molecule has 0 saturated carbocycles. The van der Waals surface area contributed by atoms with E-state index in [2.05, 4.69) is 5.10 Å². The maximum Gasteiger partial charge on any atom is 0.435 e. The Balaban J connectivity index is 2.11. The molecule has 0 aliphatic carbocycles. The van der Waals surface area contributed by atoms with Gasteiger partial charge in [-0.05, 0) is 42.0 Å². The molecule has 1 aromatic heterocycles. The number of halogens is 4. The van der Waals surface area contributed by atoms with Crippen molar-refractivity contribution < 1.29 is 21.6 Å². The Morgan fingerprint density at radius 3 is 2.08 bits per heavy atom. The molecule has 0 fully saturated rings. The third-order valence-electron chi connectivity index (χ3n) is 3.57. The van der Waals surface area contributed by atoms with E-state index < -0.39 is 21.9 Å². The van der Waals surface area contributed by atoms with Crippen LogP contribution in [0.4, 0.5) is 13.2 Å². The van der Waals surface area contributed by atoms with Gasteiger partial charge in [0.25, 0.3) is 0 Å².